The SMILES string of the molecule is CN1CCC(C)(C2(NC(=O)OC(C)(C)C)CC2)C1. The summed E-state index contributed by atoms with van der Waals surface area (Å²) in [5.41, 5.74) is -0.258. The first-order valence-electron chi connectivity index (χ1n) is 6.86. The van der Waals surface area contributed by atoms with Crippen molar-refractivity contribution in [2.24, 2.45) is 5.41 Å². The number of ether oxygens (including phenoxy) is 1. The van der Waals surface area contributed by atoms with Crippen molar-refractivity contribution in [1.29, 1.82) is 0 Å². The van der Waals surface area contributed by atoms with Crippen LogP contribution in [-0.2, 0) is 4.74 Å². The molecule has 1 saturated carbocycles. The van der Waals surface area contributed by atoms with Crippen molar-refractivity contribution >= 4 is 6.09 Å². The number of nitrogens with zero attached hydrogens (tertiary/aromatic N) is 1. The molecule has 2 aliphatic rings. The molecule has 2 fully saturated rings. The summed E-state index contributed by atoms with van der Waals surface area (Å²) in [6, 6.07) is 0. The van der Waals surface area contributed by atoms with Crippen LogP contribution in [0.2, 0.25) is 0 Å². The van der Waals surface area contributed by atoms with Crippen LogP contribution in [-0.4, -0.2) is 42.3 Å². The van der Waals surface area contributed by atoms with Gasteiger partial charge in [0.05, 0.1) is 5.54 Å². The van der Waals surface area contributed by atoms with Crippen LogP contribution in [0.25, 0.3) is 0 Å². The minimum atomic E-state index is -0.423. The largest absolute Gasteiger partial charge is 0.444 e. The first kappa shape index (κ1) is 13.7. The van der Waals surface area contributed by atoms with E-state index in [-0.39, 0.29) is 17.0 Å². The zero-order valence-corrected chi connectivity index (χ0v) is 12.3. The number of hydrogen-bond acceptors (Lipinski definition) is 3. The van der Waals surface area contributed by atoms with Crippen LogP contribution in [0.1, 0.15) is 47.0 Å². The van der Waals surface area contributed by atoms with Gasteiger partial charge in [0.25, 0.3) is 0 Å². The number of alkyl carbamates (subject to hydrolysis) is 1. The van der Waals surface area contributed by atoms with Crippen molar-refractivity contribution < 1.29 is 9.53 Å². The lowest BCUT2D eigenvalue weighted by Crippen LogP contribution is -2.51. The van der Waals surface area contributed by atoms with Gasteiger partial charge in [0.15, 0.2) is 0 Å². The summed E-state index contributed by atoms with van der Waals surface area (Å²) in [5.74, 6) is 0. The second-order valence-corrected chi connectivity index (χ2v) is 7.26. The standard InChI is InChI=1S/C14H26N2O2/c1-12(2,3)18-11(17)15-14(6-7-14)13(4)8-9-16(5)10-13/h6-10H2,1-5H3,(H,15,17). The van der Waals surface area contributed by atoms with Gasteiger partial charge in [0.1, 0.15) is 5.60 Å². The van der Waals surface area contributed by atoms with E-state index in [0.717, 1.165) is 32.4 Å². The maximum Gasteiger partial charge on any atom is 0.408 e. The van der Waals surface area contributed by atoms with Crippen molar-refractivity contribution in [3.63, 3.8) is 0 Å². The van der Waals surface area contributed by atoms with E-state index in [0.29, 0.717) is 0 Å². The van der Waals surface area contributed by atoms with Crippen molar-refractivity contribution in [1.82, 2.24) is 10.2 Å². The van der Waals surface area contributed by atoms with E-state index in [4.69, 9.17) is 4.74 Å². The molecule has 18 heavy (non-hydrogen) atoms. The summed E-state index contributed by atoms with van der Waals surface area (Å²) in [6.07, 6.45) is 3.04. The van der Waals surface area contributed by atoms with Crippen molar-refractivity contribution in [2.75, 3.05) is 20.1 Å². The summed E-state index contributed by atoms with van der Waals surface area (Å²) in [7, 11) is 2.15. The Morgan fingerprint density at radius 3 is 2.28 bits per heavy atom. The highest BCUT2D eigenvalue weighted by Crippen LogP contribution is 2.54. The smallest absolute Gasteiger partial charge is 0.408 e. The minimum Gasteiger partial charge on any atom is -0.444 e. The van der Waals surface area contributed by atoms with Gasteiger partial charge in [-0.05, 0) is 53.6 Å². The molecule has 0 aromatic carbocycles. The Bertz CT molecular complexity index is 344. The van der Waals surface area contributed by atoms with Crippen molar-refractivity contribution in [3.8, 4) is 0 Å². The van der Waals surface area contributed by atoms with E-state index in [1.54, 1.807) is 0 Å². The highest BCUT2D eigenvalue weighted by molar-refractivity contribution is 5.69. The fourth-order valence-corrected chi connectivity index (χ4v) is 3.09. The minimum absolute atomic E-state index is 0.0277. The van der Waals surface area contributed by atoms with Crippen LogP contribution in [0, 0.1) is 5.41 Å². The van der Waals surface area contributed by atoms with E-state index in [1.165, 1.54) is 0 Å². The molecular weight excluding hydrogens is 228 g/mol. The number of amides is 1. The summed E-state index contributed by atoms with van der Waals surface area (Å²) in [6.45, 7) is 10.2. The summed E-state index contributed by atoms with van der Waals surface area (Å²) in [4.78, 5) is 14.3. The summed E-state index contributed by atoms with van der Waals surface area (Å²) < 4.78 is 5.38. The number of hydrogen-bond donors (Lipinski definition) is 1. The van der Waals surface area contributed by atoms with Gasteiger partial charge in [0.2, 0.25) is 0 Å². The quantitative estimate of drug-likeness (QED) is 0.822. The highest BCUT2D eigenvalue weighted by Gasteiger charge is 2.59. The lowest BCUT2D eigenvalue weighted by molar-refractivity contribution is 0.0433. The molecule has 1 atom stereocenters. The van der Waals surface area contributed by atoms with Crippen LogP contribution in [0.5, 0.6) is 0 Å². The molecule has 0 radical (unpaired) electrons. The summed E-state index contributed by atoms with van der Waals surface area (Å²) >= 11 is 0. The van der Waals surface area contributed by atoms with Gasteiger partial charge in [-0.15, -0.1) is 0 Å². The average molecular weight is 254 g/mol. The van der Waals surface area contributed by atoms with Gasteiger partial charge in [-0.2, -0.15) is 0 Å². The summed E-state index contributed by atoms with van der Waals surface area (Å²) in [5, 5.41) is 3.14. The molecule has 0 aromatic heterocycles. The second kappa shape index (κ2) is 4.12. The Morgan fingerprint density at radius 1 is 1.28 bits per heavy atom. The molecule has 1 aliphatic carbocycles. The van der Waals surface area contributed by atoms with Crippen molar-refractivity contribution in [2.45, 2.75) is 58.1 Å². The molecule has 2 rings (SSSR count). The van der Waals surface area contributed by atoms with E-state index < -0.39 is 5.60 Å². The van der Waals surface area contributed by atoms with Gasteiger partial charge in [-0.3, -0.25) is 0 Å². The average Bonchev–Trinajstić information content (AvgIpc) is 2.85. The molecule has 0 bridgehead atoms. The third kappa shape index (κ3) is 2.63. The molecule has 1 N–H and O–H groups in total. The molecule has 0 aromatic rings. The molecule has 1 amide bonds. The Morgan fingerprint density at radius 2 is 1.89 bits per heavy atom. The molecular formula is C14H26N2O2. The Kier molecular flexibility index (Phi) is 3.13. The predicted octanol–water partition coefficient (Wildman–Crippen LogP) is 2.39. The first-order valence-corrected chi connectivity index (χ1v) is 6.86. The zero-order valence-electron chi connectivity index (χ0n) is 12.3. The molecule has 104 valence electrons. The van der Waals surface area contributed by atoms with Gasteiger partial charge in [0, 0.05) is 12.0 Å². The monoisotopic (exact) mass is 254 g/mol. The van der Waals surface area contributed by atoms with E-state index in [9.17, 15) is 4.79 Å². The fourth-order valence-electron chi connectivity index (χ4n) is 3.09. The lowest BCUT2D eigenvalue weighted by Gasteiger charge is -2.35. The molecule has 1 aliphatic heterocycles. The maximum absolute atomic E-state index is 11.9. The van der Waals surface area contributed by atoms with E-state index >= 15 is 0 Å². The highest BCUT2D eigenvalue weighted by atomic mass is 16.6. The van der Waals surface area contributed by atoms with Crippen molar-refractivity contribution in [3.05, 3.63) is 0 Å². The normalized spacial score (nSPS) is 31.2. The Labute approximate surface area is 110 Å². The fraction of sp³-hybridized carbons (Fsp3) is 0.929. The van der Waals surface area contributed by atoms with Gasteiger partial charge < -0.3 is 15.0 Å². The number of carbonyl (C=O) groups excluding carboxylic acids is 1. The van der Waals surface area contributed by atoms with Gasteiger partial charge >= 0.3 is 6.09 Å². The Hall–Kier alpha value is -0.770. The van der Waals surface area contributed by atoms with Crippen LogP contribution in [0.3, 0.4) is 0 Å². The van der Waals surface area contributed by atoms with Crippen LogP contribution in [0.15, 0.2) is 0 Å². The topological polar surface area (TPSA) is 41.6 Å². The molecule has 1 unspecified atom stereocenters. The number of likely N-dealkylation sites (tertiary alicyclic amines) is 1. The molecule has 4 heteroatoms. The van der Waals surface area contributed by atoms with Gasteiger partial charge in [-0.25, -0.2) is 4.79 Å². The van der Waals surface area contributed by atoms with Gasteiger partial charge in [-0.1, -0.05) is 6.92 Å². The van der Waals surface area contributed by atoms with E-state index in [1.807, 2.05) is 20.8 Å². The number of carbonyl (C=O) groups is 1. The zero-order chi connectivity index (χ0) is 13.6. The third-order valence-corrected chi connectivity index (χ3v) is 4.31. The third-order valence-electron chi connectivity index (χ3n) is 4.31. The first-order chi connectivity index (χ1) is 8.16. The van der Waals surface area contributed by atoms with Crippen LogP contribution in [0.4, 0.5) is 4.79 Å². The predicted molar refractivity (Wildman–Crippen MR) is 71.6 cm³/mol. The van der Waals surface area contributed by atoms with E-state index in [2.05, 4.69) is 24.2 Å². The van der Waals surface area contributed by atoms with Crippen LogP contribution >= 0.6 is 0 Å². The molecule has 1 saturated heterocycles. The Balaban J connectivity index is 1.98. The molecule has 4 nitrogen and oxygen atoms in total. The molecule has 0 spiro atoms. The lowest BCUT2D eigenvalue weighted by atomic mass is 9.79. The maximum atomic E-state index is 11.9. The number of nitrogens with one attached hydrogen (secondary N) is 1. The molecule has 1 heterocycles. The van der Waals surface area contributed by atoms with Crippen LogP contribution < -0.4 is 5.32 Å². The second-order valence-electron chi connectivity index (χ2n) is 7.26. The number of rotatable bonds is 2.